The Balaban J connectivity index is 0.00000169. The summed E-state index contributed by atoms with van der Waals surface area (Å²) < 4.78 is 0. The smallest absolute Gasteiger partial charge is 0.248 e. The van der Waals surface area contributed by atoms with Gasteiger partial charge in [-0.2, -0.15) is 0 Å². The van der Waals surface area contributed by atoms with Crippen LogP contribution in [0.2, 0.25) is 0 Å². The van der Waals surface area contributed by atoms with E-state index in [0.717, 1.165) is 18.4 Å². The minimum Gasteiger partial charge on any atom is -0.366 e. The zero-order valence-corrected chi connectivity index (χ0v) is 8.54. The van der Waals surface area contributed by atoms with Gasteiger partial charge in [0.2, 0.25) is 5.91 Å². The number of aryl methyl sites for hydroxylation is 1. The van der Waals surface area contributed by atoms with E-state index in [1.54, 1.807) is 6.07 Å². The second-order valence-electron chi connectivity index (χ2n) is 3.01. The highest BCUT2D eigenvalue weighted by Crippen LogP contribution is 2.15. The molecule has 0 heterocycles. The lowest BCUT2D eigenvalue weighted by molar-refractivity contribution is 0.0999. The molecule has 0 radical (unpaired) electrons. The van der Waals surface area contributed by atoms with Gasteiger partial charge in [0, 0.05) is 5.56 Å². The van der Waals surface area contributed by atoms with Crippen LogP contribution in [0.5, 0.6) is 0 Å². The number of benzene rings is 1. The molecule has 0 aliphatic carbocycles. The lowest BCUT2D eigenvalue weighted by Crippen LogP contribution is -2.14. The number of halogens is 1. The molecule has 0 bridgehead atoms. The third-order valence-corrected chi connectivity index (χ3v) is 2.27. The maximum Gasteiger partial charge on any atom is 0.248 e. The van der Waals surface area contributed by atoms with E-state index in [1.165, 1.54) is 5.56 Å². The molecule has 1 amide bonds. The summed E-state index contributed by atoms with van der Waals surface area (Å²) in [4.78, 5) is 11.1. The van der Waals surface area contributed by atoms with E-state index < -0.39 is 0 Å². The Morgan fingerprint density at radius 2 is 1.93 bits per heavy atom. The molecule has 3 heteroatoms. The van der Waals surface area contributed by atoms with Crippen molar-refractivity contribution in [2.24, 2.45) is 5.73 Å². The van der Waals surface area contributed by atoms with Crippen molar-refractivity contribution in [2.75, 3.05) is 0 Å². The summed E-state index contributed by atoms with van der Waals surface area (Å²) >= 11 is 0. The Kier molecular flexibility index (Phi) is 4.84. The highest BCUT2D eigenvalue weighted by molar-refractivity contribution is 5.94. The van der Waals surface area contributed by atoms with Crippen LogP contribution in [0.4, 0.5) is 4.70 Å². The number of hydrogen-bond donors (Lipinski definition) is 1. The first-order chi connectivity index (χ1) is 6.20. The van der Waals surface area contributed by atoms with Gasteiger partial charge in [0.25, 0.3) is 0 Å². The first-order valence-corrected chi connectivity index (χ1v) is 4.61. The zero-order chi connectivity index (χ0) is 9.84. The molecule has 0 unspecified atom stereocenters. The van der Waals surface area contributed by atoms with Crippen molar-refractivity contribution in [3.05, 3.63) is 34.9 Å². The highest BCUT2D eigenvalue weighted by atomic mass is 19.0. The molecule has 0 spiro atoms. The third-order valence-electron chi connectivity index (χ3n) is 2.27. The van der Waals surface area contributed by atoms with Crippen LogP contribution < -0.4 is 5.73 Å². The van der Waals surface area contributed by atoms with Gasteiger partial charge >= 0.3 is 0 Å². The lowest BCUT2D eigenvalue weighted by atomic mass is 9.97. The molecule has 1 aromatic rings. The van der Waals surface area contributed by atoms with E-state index >= 15 is 0 Å². The average molecular weight is 197 g/mol. The first-order valence-electron chi connectivity index (χ1n) is 4.61. The zero-order valence-electron chi connectivity index (χ0n) is 8.54. The molecule has 0 saturated heterocycles. The van der Waals surface area contributed by atoms with Crippen LogP contribution in [0.1, 0.15) is 35.3 Å². The molecule has 1 aromatic carbocycles. The lowest BCUT2D eigenvalue weighted by Gasteiger charge is -2.09. The maximum atomic E-state index is 11.1. The number of carbonyl (C=O) groups is 1. The van der Waals surface area contributed by atoms with Gasteiger partial charge in [-0.15, -0.1) is 0 Å². The summed E-state index contributed by atoms with van der Waals surface area (Å²) in [7, 11) is 0. The van der Waals surface area contributed by atoms with E-state index in [1.807, 2.05) is 19.1 Å². The Bertz CT molecular complexity index is 323. The molecular weight excluding hydrogens is 181 g/mol. The van der Waals surface area contributed by atoms with Gasteiger partial charge in [0.05, 0.1) is 0 Å². The van der Waals surface area contributed by atoms with Crippen molar-refractivity contribution in [3.8, 4) is 0 Å². The molecule has 2 N–H and O–H groups in total. The first kappa shape index (κ1) is 12.6. The second kappa shape index (κ2) is 5.37. The Morgan fingerprint density at radius 1 is 1.29 bits per heavy atom. The fourth-order valence-electron chi connectivity index (χ4n) is 1.61. The van der Waals surface area contributed by atoms with Gasteiger partial charge in [0.1, 0.15) is 0 Å². The van der Waals surface area contributed by atoms with Gasteiger partial charge in [-0.1, -0.05) is 26.0 Å². The van der Waals surface area contributed by atoms with Crippen LogP contribution in [-0.4, -0.2) is 5.91 Å². The normalized spacial score (nSPS) is 9.29. The van der Waals surface area contributed by atoms with E-state index in [-0.39, 0.29) is 10.6 Å². The summed E-state index contributed by atoms with van der Waals surface area (Å²) in [6.07, 6.45) is 1.81. The van der Waals surface area contributed by atoms with Crippen LogP contribution in [-0.2, 0) is 12.8 Å². The molecule has 0 atom stereocenters. The van der Waals surface area contributed by atoms with Gasteiger partial charge in [0.15, 0.2) is 0 Å². The van der Waals surface area contributed by atoms with E-state index in [2.05, 4.69) is 6.92 Å². The molecule has 0 aromatic heterocycles. The van der Waals surface area contributed by atoms with Crippen molar-refractivity contribution in [1.82, 2.24) is 0 Å². The van der Waals surface area contributed by atoms with Crippen molar-refractivity contribution in [2.45, 2.75) is 26.7 Å². The van der Waals surface area contributed by atoms with Crippen LogP contribution in [0.3, 0.4) is 0 Å². The third kappa shape index (κ3) is 2.31. The maximum absolute atomic E-state index is 11.1. The van der Waals surface area contributed by atoms with E-state index in [9.17, 15) is 4.79 Å². The molecule has 0 aliphatic heterocycles. The summed E-state index contributed by atoms with van der Waals surface area (Å²) in [6.45, 7) is 4.13. The van der Waals surface area contributed by atoms with Crippen LogP contribution in [0, 0.1) is 0 Å². The highest BCUT2D eigenvalue weighted by Gasteiger charge is 2.08. The van der Waals surface area contributed by atoms with Gasteiger partial charge in [-0.25, -0.2) is 0 Å². The van der Waals surface area contributed by atoms with Gasteiger partial charge in [-0.05, 0) is 30.0 Å². The predicted octanol–water partition coefficient (Wildman–Crippen LogP) is 2.06. The van der Waals surface area contributed by atoms with Crippen molar-refractivity contribution in [1.29, 1.82) is 0 Å². The molecule has 2 nitrogen and oxygen atoms in total. The second-order valence-corrected chi connectivity index (χ2v) is 3.01. The predicted molar refractivity (Wildman–Crippen MR) is 56.2 cm³/mol. The number of hydrogen-bond acceptors (Lipinski definition) is 1. The fraction of sp³-hybridized carbons (Fsp3) is 0.364. The average Bonchev–Trinajstić information content (AvgIpc) is 2.16. The molecular formula is C11H16FNO. The minimum absolute atomic E-state index is 0. The molecule has 0 fully saturated rings. The molecule has 78 valence electrons. The van der Waals surface area contributed by atoms with Crippen molar-refractivity contribution in [3.63, 3.8) is 0 Å². The van der Waals surface area contributed by atoms with Gasteiger partial charge < -0.3 is 5.73 Å². The van der Waals surface area contributed by atoms with E-state index in [0.29, 0.717) is 5.56 Å². The van der Waals surface area contributed by atoms with Crippen molar-refractivity contribution < 1.29 is 9.50 Å². The van der Waals surface area contributed by atoms with Crippen molar-refractivity contribution >= 4 is 5.91 Å². The summed E-state index contributed by atoms with van der Waals surface area (Å²) in [5.74, 6) is -0.327. The number of carbonyl (C=O) groups excluding carboxylic acids is 1. The van der Waals surface area contributed by atoms with Crippen LogP contribution in [0.25, 0.3) is 0 Å². The Morgan fingerprint density at radius 3 is 2.36 bits per heavy atom. The van der Waals surface area contributed by atoms with Crippen LogP contribution >= 0.6 is 0 Å². The molecule has 1 rings (SSSR count). The fourth-order valence-corrected chi connectivity index (χ4v) is 1.61. The molecule has 14 heavy (non-hydrogen) atoms. The van der Waals surface area contributed by atoms with E-state index in [4.69, 9.17) is 5.73 Å². The van der Waals surface area contributed by atoms with Crippen LogP contribution in [0.15, 0.2) is 18.2 Å². The summed E-state index contributed by atoms with van der Waals surface area (Å²) in [6, 6.07) is 5.73. The quantitative estimate of drug-likeness (QED) is 0.791. The number of rotatable bonds is 3. The number of nitrogens with two attached hydrogens (primary N) is 1. The SMILES string of the molecule is CCc1cccc(C(N)=O)c1CC.F. The monoisotopic (exact) mass is 197 g/mol. The molecule has 0 saturated carbocycles. The topological polar surface area (TPSA) is 43.1 Å². The standard InChI is InChI=1S/C11H15NO.FH/c1-3-8-6-5-7-10(11(12)13)9(8)4-2;/h5-7H,3-4H2,1-2H3,(H2,12,13);1H. The summed E-state index contributed by atoms with van der Waals surface area (Å²) in [5, 5.41) is 0. The number of amides is 1. The summed E-state index contributed by atoms with van der Waals surface area (Å²) in [5.41, 5.74) is 8.26. The Labute approximate surface area is 83.5 Å². The Hall–Kier alpha value is -1.38. The largest absolute Gasteiger partial charge is 0.366 e. The number of primary amides is 1. The minimum atomic E-state index is -0.327. The molecule has 0 aliphatic rings. The van der Waals surface area contributed by atoms with Gasteiger partial charge in [-0.3, -0.25) is 9.50 Å².